The molecular formula is C8H17NO2S. The number of methoxy groups -OCH3 is 1. The number of rotatable bonds is 3. The number of hydrogen-bond donors (Lipinski definition) is 1. The highest BCUT2D eigenvalue weighted by Crippen LogP contribution is 2.23. The molecule has 0 spiro atoms. The highest BCUT2D eigenvalue weighted by Gasteiger charge is 2.26. The topological polar surface area (TPSA) is 32.7 Å². The molecule has 1 aliphatic heterocycles. The second-order valence-corrected chi connectivity index (χ2v) is 3.89. The Kier molecular flexibility index (Phi) is 4.35. The number of ether oxygens (including phenoxy) is 1. The van der Waals surface area contributed by atoms with Gasteiger partial charge in [0.1, 0.15) is 0 Å². The molecule has 4 heteroatoms. The summed E-state index contributed by atoms with van der Waals surface area (Å²) in [6, 6.07) is 0.325. The van der Waals surface area contributed by atoms with Crippen LogP contribution in [-0.4, -0.2) is 48.1 Å². The van der Waals surface area contributed by atoms with E-state index in [9.17, 15) is 0 Å². The maximum atomic E-state index is 9.06. The first-order chi connectivity index (χ1) is 5.81. The molecule has 0 unspecified atom stereocenters. The lowest BCUT2D eigenvalue weighted by molar-refractivity contribution is 0.0302. The molecule has 0 aromatic rings. The predicted octanol–water partition coefficient (Wildman–Crippen LogP) is 0.736. The maximum Gasteiger partial charge on any atom is 0.0708 e. The van der Waals surface area contributed by atoms with Gasteiger partial charge in [0.05, 0.1) is 12.7 Å². The molecule has 12 heavy (non-hydrogen) atoms. The molecule has 1 fully saturated rings. The molecule has 1 N–H and O–H groups in total. The Labute approximate surface area is 78.2 Å². The highest BCUT2D eigenvalue weighted by molar-refractivity contribution is 7.96. The van der Waals surface area contributed by atoms with Crippen LogP contribution >= 0.6 is 11.9 Å². The molecule has 0 saturated carbocycles. The Morgan fingerprint density at radius 3 is 2.83 bits per heavy atom. The van der Waals surface area contributed by atoms with E-state index in [0.29, 0.717) is 12.1 Å². The molecule has 3 nitrogen and oxygen atoms in total. The van der Waals surface area contributed by atoms with Gasteiger partial charge in [0.25, 0.3) is 0 Å². The van der Waals surface area contributed by atoms with Crippen LogP contribution in [0.5, 0.6) is 0 Å². The predicted molar refractivity (Wildman–Crippen MR) is 51.1 cm³/mol. The van der Waals surface area contributed by atoms with Gasteiger partial charge in [0.2, 0.25) is 0 Å². The van der Waals surface area contributed by atoms with Crippen molar-refractivity contribution in [3.05, 3.63) is 0 Å². The molecule has 1 aliphatic rings. The Balaban J connectivity index is 2.41. The van der Waals surface area contributed by atoms with Gasteiger partial charge in [0, 0.05) is 19.7 Å². The van der Waals surface area contributed by atoms with Gasteiger partial charge in [-0.05, 0) is 19.1 Å². The molecule has 0 bridgehead atoms. The monoisotopic (exact) mass is 191 g/mol. The van der Waals surface area contributed by atoms with E-state index < -0.39 is 0 Å². The van der Waals surface area contributed by atoms with Crippen LogP contribution in [0.3, 0.4) is 0 Å². The van der Waals surface area contributed by atoms with Crippen molar-refractivity contribution in [2.24, 2.45) is 0 Å². The molecule has 0 aromatic carbocycles. The lowest BCUT2D eigenvalue weighted by Crippen LogP contribution is -2.43. The zero-order valence-corrected chi connectivity index (χ0v) is 8.51. The van der Waals surface area contributed by atoms with Gasteiger partial charge in [-0.15, -0.1) is 0 Å². The number of nitrogens with zero attached hydrogens (tertiary/aromatic N) is 1. The third-order valence-corrected chi connectivity index (χ3v) is 3.31. The first-order valence-electron chi connectivity index (χ1n) is 4.26. The van der Waals surface area contributed by atoms with E-state index in [0.717, 1.165) is 19.4 Å². The Morgan fingerprint density at radius 2 is 2.33 bits per heavy atom. The third-order valence-electron chi connectivity index (χ3n) is 2.39. The van der Waals surface area contributed by atoms with Crippen LogP contribution < -0.4 is 0 Å². The minimum Gasteiger partial charge on any atom is -0.395 e. The van der Waals surface area contributed by atoms with Crippen molar-refractivity contribution in [2.75, 3.05) is 26.5 Å². The first kappa shape index (κ1) is 10.3. The van der Waals surface area contributed by atoms with Crippen LogP contribution in [0.4, 0.5) is 0 Å². The van der Waals surface area contributed by atoms with Crippen LogP contribution in [0.15, 0.2) is 0 Å². The van der Waals surface area contributed by atoms with Gasteiger partial charge in [-0.3, -0.25) is 0 Å². The number of hydrogen-bond acceptors (Lipinski definition) is 4. The van der Waals surface area contributed by atoms with E-state index >= 15 is 0 Å². The van der Waals surface area contributed by atoms with Crippen molar-refractivity contribution in [2.45, 2.75) is 25.0 Å². The fraction of sp³-hybridized carbons (Fsp3) is 1.00. The summed E-state index contributed by atoms with van der Waals surface area (Å²) in [6.45, 7) is 1.19. The third kappa shape index (κ3) is 2.36. The Morgan fingerprint density at radius 1 is 1.58 bits per heavy atom. The SMILES string of the molecule is CO[C@@H]1CC[C@@H](CO)N(SC)C1. The van der Waals surface area contributed by atoms with E-state index in [2.05, 4.69) is 4.31 Å². The van der Waals surface area contributed by atoms with Crippen molar-refractivity contribution in [1.29, 1.82) is 0 Å². The Bertz CT molecular complexity index is 134. The van der Waals surface area contributed by atoms with Crippen LogP contribution in [0.2, 0.25) is 0 Å². The van der Waals surface area contributed by atoms with Gasteiger partial charge in [-0.1, -0.05) is 11.9 Å². The van der Waals surface area contributed by atoms with Crippen LogP contribution in [0.25, 0.3) is 0 Å². The van der Waals surface area contributed by atoms with Crippen molar-refractivity contribution in [1.82, 2.24) is 4.31 Å². The molecule has 0 aliphatic carbocycles. The summed E-state index contributed by atoms with van der Waals surface area (Å²) < 4.78 is 7.49. The van der Waals surface area contributed by atoms with Crippen molar-refractivity contribution in [3.63, 3.8) is 0 Å². The summed E-state index contributed by atoms with van der Waals surface area (Å²) in [5.74, 6) is 0. The summed E-state index contributed by atoms with van der Waals surface area (Å²) >= 11 is 1.69. The molecule has 1 saturated heterocycles. The smallest absolute Gasteiger partial charge is 0.0708 e. The quantitative estimate of drug-likeness (QED) is 0.667. The average molecular weight is 191 g/mol. The number of piperidine rings is 1. The molecule has 1 heterocycles. The summed E-state index contributed by atoms with van der Waals surface area (Å²) in [6.07, 6.45) is 4.50. The number of aliphatic hydroxyl groups excluding tert-OH is 1. The van der Waals surface area contributed by atoms with E-state index in [1.807, 2.05) is 6.26 Å². The van der Waals surface area contributed by atoms with Gasteiger partial charge >= 0.3 is 0 Å². The largest absolute Gasteiger partial charge is 0.395 e. The molecule has 72 valence electrons. The molecule has 1 rings (SSSR count). The van der Waals surface area contributed by atoms with Crippen molar-refractivity contribution < 1.29 is 9.84 Å². The normalized spacial score (nSPS) is 32.2. The first-order valence-corrected chi connectivity index (χ1v) is 5.44. The van der Waals surface area contributed by atoms with Gasteiger partial charge in [0.15, 0.2) is 0 Å². The summed E-state index contributed by atoms with van der Waals surface area (Å²) in [7, 11) is 1.75. The van der Waals surface area contributed by atoms with Crippen molar-refractivity contribution >= 4 is 11.9 Å². The van der Waals surface area contributed by atoms with Crippen LogP contribution in [0.1, 0.15) is 12.8 Å². The fourth-order valence-corrected chi connectivity index (χ4v) is 2.35. The number of aliphatic hydroxyl groups is 1. The standard InChI is InChI=1S/C8H17NO2S/c1-11-8-4-3-7(6-10)9(5-8)12-2/h7-8,10H,3-6H2,1-2H3/t7-,8+/m0/s1. The minimum atomic E-state index is 0.261. The van der Waals surface area contributed by atoms with Gasteiger partial charge in [-0.25, -0.2) is 4.31 Å². The minimum absolute atomic E-state index is 0.261. The summed E-state index contributed by atoms with van der Waals surface area (Å²) in [5, 5.41) is 9.06. The molecule has 2 atom stereocenters. The molecule has 0 amide bonds. The maximum absolute atomic E-state index is 9.06. The van der Waals surface area contributed by atoms with Gasteiger partial charge < -0.3 is 9.84 Å². The summed E-state index contributed by atoms with van der Waals surface area (Å²) in [4.78, 5) is 0. The zero-order chi connectivity index (χ0) is 8.97. The summed E-state index contributed by atoms with van der Waals surface area (Å²) in [5.41, 5.74) is 0. The van der Waals surface area contributed by atoms with Crippen LogP contribution in [-0.2, 0) is 4.74 Å². The fourth-order valence-electron chi connectivity index (χ4n) is 1.56. The van der Waals surface area contributed by atoms with E-state index in [1.165, 1.54) is 0 Å². The second-order valence-electron chi connectivity index (χ2n) is 3.05. The highest BCUT2D eigenvalue weighted by atomic mass is 32.2. The van der Waals surface area contributed by atoms with Crippen LogP contribution in [0, 0.1) is 0 Å². The van der Waals surface area contributed by atoms with E-state index in [4.69, 9.17) is 9.84 Å². The van der Waals surface area contributed by atoms with Crippen molar-refractivity contribution in [3.8, 4) is 0 Å². The van der Waals surface area contributed by atoms with E-state index in [1.54, 1.807) is 19.1 Å². The van der Waals surface area contributed by atoms with E-state index in [-0.39, 0.29) is 6.61 Å². The lowest BCUT2D eigenvalue weighted by atomic mass is 10.0. The second kappa shape index (κ2) is 5.07. The Hall–Kier alpha value is 0.230. The molecule has 0 aromatic heterocycles. The van der Waals surface area contributed by atoms with Gasteiger partial charge in [-0.2, -0.15) is 0 Å². The average Bonchev–Trinajstić information content (AvgIpc) is 2.16. The molecular weight excluding hydrogens is 174 g/mol. The lowest BCUT2D eigenvalue weighted by Gasteiger charge is -2.36. The zero-order valence-electron chi connectivity index (χ0n) is 7.69. The molecule has 0 radical (unpaired) electrons.